The Bertz CT molecular complexity index is 983. The Morgan fingerprint density at radius 1 is 1.00 bits per heavy atom. The Hall–Kier alpha value is -2.80. The molecule has 1 amide bonds. The molecule has 0 spiro atoms. The fourth-order valence-corrected chi connectivity index (χ4v) is 2.68. The van der Waals surface area contributed by atoms with Crippen LogP contribution in [0.4, 0.5) is 5.69 Å². The summed E-state index contributed by atoms with van der Waals surface area (Å²) in [5, 5.41) is 2.67. The van der Waals surface area contributed by atoms with Gasteiger partial charge in [-0.1, -0.05) is 12.1 Å². The Morgan fingerprint density at radius 3 is 2.30 bits per heavy atom. The van der Waals surface area contributed by atoms with E-state index in [4.69, 9.17) is 0 Å². The number of amides is 1. The van der Waals surface area contributed by atoms with Crippen LogP contribution in [0.15, 0.2) is 59.6 Å². The highest BCUT2D eigenvalue weighted by atomic mass is 32.2. The number of benzene rings is 2. The predicted octanol–water partition coefficient (Wildman–Crippen LogP) is 2.29. The minimum absolute atomic E-state index is 0.191. The largest absolute Gasteiger partial charge is 0.321 e. The first kappa shape index (κ1) is 15.1. The second kappa shape index (κ2) is 5.77. The fourth-order valence-electron chi connectivity index (χ4n) is 2.05. The van der Waals surface area contributed by atoms with Crippen LogP contribution in [0.5, 0.6) is 0 Å². The fraction of sp³-hybridized carbons (Fsp3) is 0.0625. The molecule has 0 aliphatic rings. The molecule has 0 atom stereocenters. The van der Waals surface area contributed by atoms with E-state index in [1.807, 2.05) is 18.2 Å². The van der Waals surface area contributed by atoms with E-state index in [9.17, 15) is 13.2 Å². The Labute approximate surface area is 133 Å². The lowest BCUT2D eigenvalue weighted by atomic mass is 10.3. The first-order valence-electron chi connectivity index (χ1n) is 6.77. The number of anilines is 1. The van der Waals surface area contributed by atoms with E-state index < -0.39 is 15.7 Å². The second-order valence-corrected chi connectivity index (χ2v) is 7.01. The molecule has 0 unspecified atom stereocenters. The normalized spacial score (nSPS) is 11.3. The van der Waals surface area contributed by atoms with Crippen LogP contribution in [0, 0.1) is 0 Å². The number of carbonyl (C=O) groups excluding carboxylic acids is 1. The molecule has 0 bridgehead atoms. The minimum Gasteiger partial charge on any atom is -0.321 e. The van der Waals surface area contributed by atoms with Gasteiger partial charge in [0.05, 0.1) is 22.1 Å². The number of sulfone groups is 1. The van der Waals surface area contributed by atoms with Crippen molar-refractivity contribution >= 4 is 32.5 Å². The van der Waals surface area contributed by atoms with Crippen LogP contribution in [0.2, 0.25) is 0 Å². The van der Waals surface area contributed by atoms with Crippen LogP contribution in [0.3, 0.4) is 0 Å². The maximum atomic E-state index is 12.2. The van der Waals surface area contributed by atoms with Crippen molar-refractivity contribution in [2.24, 2.45) is 0 Å². The van der Waals surface area contributed by atoms with Crippen LogP contribution in [-0.4, -0.2) is 30.5 Å². The van der Waals surface area contributed by atoms with Gasteiger partial charge in [-0.25, -0.2) is 13.4 Å². The third-order valence-corrected chi connectivity index (χ3v) is 4.35. The molecule has 6 nitrogen and oxygen atoms in total. The van der Waals surface area contributed by atoms with E-state index in [0.717, 1.165) is 6.26 Å². The molecule has 1 heterocycles. The lowest BCUT2D eigenvalue weighted by Gasteiger charge is -2.06. The number of aromatic nitrogens is 2. The maximum Gasteiger partial charge on any atom is 0.275 e. The van der Waals surface area contributed by atoms with Crippen molar-refractivity contribution < 1.29 is 13.2 Å². The number of nitrogens with zero attached hydrogens (tertiary/aromatic N) is 2. The molecular weight excluding hydrogens is 314 g/mol. The van der Waals surface area contributed by atoms with E-state index in [0.29, 0.717) is 16.7 Å². The summed E-state index contributed by atoms with van der Waals surface area (Å²) in [4.78, 5) is 20.8. The number of rotatable bonds is 3. The quantitative estimate of drug-likeness (QED) is 0.797. The SMILES string of the molecule is CS(=O)(=O)c1ccc(NC(=O)c2cnc3ccccc3n2)cc1. The highest BCUT2D eigenvalue weighted by Gasteiger charge is 2.11. The lowest BCUT2D eigenvalue weighted by molar-refractivity contribution is 0.102. The van der Waals surface area contributed by atoms with Crippen molar-refractivity contribution in [3.05, 3.63) is 60.4 Å². The van der Waals surface area contributed by atoms with Gasteiger partial charge in [0.2, 0.25) is 0 Å². The first-order chi connectivity index (χ1) is 10.9. The van der Waals surface area contributed by atoms with Gasteiger partial charge in [-0.3, -0.25) is 9.78 Å². The number of para-hydroxylation sites is 2. The van der Waals surface area contributed by atoms with Crippen LogP contribution in [-0.2, 0) is 9.84 Å². The Kier molecular flexibility index (Phi) is 3.79. The molecule has 0 saturated heterocycles. The zero-order chi connectivity index (χ0) is 16.4. The predicted molar refractivity (Wildman–Crippen MR) is 87.0 cm³/mol. The van der Waals surface area contributed by atoms with E-state index in [1.54, 1.807) is 6.07 Å². The van der Waals surface area contributed by atoms with Gasteiger partial charge in [0.25, 0.3) is 5.91 Å². The lowest BCUT2D eigenvalue weighted by Crippen LogP contribution is -2.14. The van der Waals surface area contributed by atoms with Crippen LogP contribution >= 0.6 is 0 Å². The van der Waals surface area contributed by atoms with Crippen molar-refractivity contribution in [1.82, 2.24) is 9.97 Å². The zero-order valence-corrected chi connectivity index (χ0v) is 13.0. The topological polar surface area (TPSA) is 89.0 Å². The smallest absolute Gasteiger partial charge is 0.275 e. The molecule has 0 aliphatic carbocycles. The van der Waals surface area contributed by atoms with Gasteiger partial charge >= 0.3 is 0 Å². The molecule has 0 fully saturated rings. The zero-order valence-electron chi connectivity index (χ0n) is 12.2. The first-order valence-corrected chi connectivity index (χ1v) is 8.66. The molecule has 3 aromatic rings. The van der Waals surface area contributed by atoms with Gasteiger partial charge in [0, 0.05) is 11.9 Å². The third-order valence-electron chi connectivity index (χ3n) is 3.22. The molecule has 116 valence electrons. The molecule has 23 heavy (non-hydrogen) atoms. The Balaban J connectivity index is 1.82. The molecule has 0 aliphatic heterocycles. The van der Waals surface area contributed by atoms with Crippen molar-refractivity contribution in [1.29, 1.82) is 0 Å². The molecule has 0 saturated carbocycles. The highest BCUT2D eigenvalue weighted by Crippen LogP contribution is 2.15. The van der Waals surface area contributed by atoms with Crippen molar-refractivity contribution in [2.45, 2.75) is 4.90 Å². The van der Waals surface area contributed by atoms with E-state index >= 15 is 0 Å². The van der Waals surface area contributed by atoms with Crippen LogP contribution in [0.1, 0.15) is 10.5 Å². The van der Waals surface area contributed by atoms with Crippen LogP contribution < -0.4 is 5.32 Å². The summed E-state index contributed by atoms with van der Waals surface area (Å²) in [5.74, 6) is -0.407. The summed E-state index contributed by atoms with van der Waals surface area (Å²) in [7, 11) is -3.26. The number of carbonyl (C=O) groups is 1. The van der Waals surface area contributed by atoms with Crippen molar-refractivity contribution in [2.75, 3.05) is 11.6 Å². The molecule has 2 aromatic carbocycles. The number of hydrogen-bond acceptors (Lipinski definition) is 5. The minimum atomic E-state index is -3.26. The monoisotopic (exact) mass is 327 g/mol. The average molecular weight is 327 g/mol. The van der Waals surface area contributed by atoms with Gasteiger partial charge in [-0.15, -0.1) is 0 Å². The van der Waals surface area contributed by atoms with Gasteiger partial charge in [0.15, 0.2) is 9.84 Å². The van der Waals surface area contributed by atoms with Crippen LogP contribution in [0.25, 0.3) is 11.0 Å². The van der Waals surface area contributed by atoms with E-state index in [2.05, 4.69) is 15.3 Å². The van der Waals surface area contributed by atoms with E-state index in [-0.39, 0.29) is 10.6 Å². The molecule has 3 rings (SSSR count). The number of hydrogen-bond donors (Lipinski definition) is 1. The van der Waals surface area contributed by atoms with E-state index in [1.165, 1.54) is 30.5 Å². The van der Waals surface area contributed by atoms with Gasteiger partial charge in [-0.05, 0) is 36.4 Å². The summed E-state index contributed by atoms with van der Waals surface area (Å²) in [6, 6.07) is 13.2. The van der Waals surface area contributed by atoms with Gasteiger partial charge in [-0.2, -0.15) is 0 Å². The molecule has 7 heteroatoms. The molecular formula is C16H13N3O3S. The summed E-state index contributed by atoms with van der Waals surface area (Å²) in [6.45, 7) is 0. The number of fused-ring (bicyclic) bond motifs is 1. The van der Waals surface area contributed by atoms with Gasteiger partial charge in [0.1, 0.15) is 5.69 Å². The summed E-state index contributed by atoms with van der Waals surface area (Å²) < 4.78 is 22.8. The summed E-state index contributed by atoms with van der Waals surface area (Å²) >= 11 is 0. The summed E-state index contributed by atoms with van der Waals surface area (Å²) in [6.07, 6.45) is 2.54. The van der Waals surface area contributed by atoms with Crippen molar-refractivity contribution in [3.8, 4) is 0 Å². The Morgan fingerprint density at radius 2 is 1.65 bits per heavy atom. The average Bonchev–Trinajstić information content (AvgIpc) is 2.54. The summed E-state index contributed by atoms with van der Waals surface area (Å²) in [5.41, 5.74) is 2.02. The molecule has 1 aromatic heterocycles. The molecule has 0 radical (unpaired) electrons. The highest BCUT2D eigenvalue weighted by molar-refractivity contribution is 7.90. The van der Waals surface area contributed by atoms with Gasteiger partial charge < -0.3 is 5.32 Å². The maximum absolute atomic E-state index is 12.2. The standard InChI is InChI=1S/C16H13N3O3S/c1-23(21,22)12-8-6-11(7-9-12)18-16(20)15-10-17-13-4-2-3-5-14(13)19-15/h2-10H,1H3,(H,18,20). The van der Waals surface area contributed by atoms with Crippen molar-refractivity contribution in [3.63, 3.8) is 0 Å². The molecule has 1 N–H and O–H groups in total. The second-order valence-electron chi connectivity index (χ2n) is 4.99. The third kappa shape index (κ3) is 3.35. The number of nitrogens with one attached hydrogen (secondary N) is 1.